The molecule has 2 heterocycles. The molecule has 1 aliphatic rings. The summed E-state index contributed by atoms with van der Waals surface area (Å²) in [5.41, 5.74) is 5.51. The lowest BCUT2D eigenvalue weighted by Gasteiger charge is -2.17. The van der Waals surface area contributed by atoms with Crippen molar-refractivity contribution in [2.45, 2.75) is 12.8 Å². The Balaban J connectivity index is 1.87. The number of nitrogens with zero attached hydrogens (tertiary/aromatic N) is 2. The molecule has 102 valence electrons. The van der Waals surface area contributed by atoms with Gasteiger partial charge in [-0.2, -0.15) is 0 Å². The van der Waals surface area contributed by atoms with E-state index in [1.807, 2.05) is 35.3 Å². The van der Waals surface area contributed by atoms with Gasteiger partial charge < -0.3 is 0 Å². The standard InChI is InChI=1S/C16H17N3O/c20-16(18-19-10-4-5-11-19)14-8-9-17-12-15(14)13-6-2-1-3-7-13/h1-3,6-9,12H,4-5,10-11H2,(H,18,20). The summed E-state index contributed by atoms with van der Waals surface area (Å²) in [5.74, 6) is -0.0619. The highest BCUT2D eigenvalue weighted by Crippen LogP contribution is 2.22. The second-order valence-corrected chi connectivity index (χ2v) is 4.92. The van der Waals surface area contributed by atoms with Crippen molar-refractivity contribution in [2.75, 3.05) is 13.1 Å². The average Bonchev–Trinajstić information content (AvgIpc) is 3.01. The molecule has 0 unspecified atom stereocenters. The van der Waals surface area contributed by atoms with Crippen LogP contribution in [0.25, 0.3) is 11.1 Å². The van der Waals surface area contributed by atoms with Gasteiger partial charge in [-0.3, -0.25) is 15.2 Å². The molecule has 1 aliphatic heterocycles. The maximum atomic E-state index is 12.4. The third kappa shape index (κ3) is 2.70. The summed E-state index contributed by atoms with van der Waals surface area (Å²) in [6, 6.07) is 11.6. The second kappa shape index (κ2) is 5.84. The summed E-state index contributed by atoms with van der Waals surface area (Å²) in [6.45, 7) is 1.86. The molecule has 1 amide bonds. The van der Waals surface area contributed by atoms with Gasteiger partial charge in [0.05, 0.1) is 5.56 Å². The molecule has 1 aromatic carbocycles. The lowest BCUT2D eigenvalue weighted by atomic mass is 10.0. The van der Waals surface area contributed by atoms with Crippen molar-refractivity contribution in [1.82, 2.24) is 15.4 Å². The van der Waals surface area contributed by atoms with Gasteiger partial charge in [-0.05, 0) is 24.5 Å². The van der Waals surface area contributed by atoms with E-state index in [1.165, 1.54) is 0 Å². The van der Waals surface area contributed by atoms with Crippen molar-refractivity contribution >= 4 is 5.91 Å². The molecule has 2 aromatic rings. The SMILES string of the molecule is O=C(NN1CCCC1)c1ccncc1-c1ccccc1. The van der Waals surface area contributed by atoms with Crippen LogP contribution in [-0.4, -0.2) is 29.0 Å². The first-order valence-electron chi connectivity index (χ1n) is 6.90. The fraction of sp³-hybridized carbons (Fsp3) is 0.250. The van der Waals surface area contributed by atoms with Crippen LogP contribution in [0, 0.1) is 0 Å². The van der Waals surface area contributed by atoms with Crippen LogP contribution in [-0.2, 0) is 0 Å². The van der Waals surface area contributed by atoms with Crippen LogP contribution in [0.3, 0.4) is 0 Å². The Labute approximate surface area is 118 Å². The number of benzene rings is 1. The molecule has 4 heteroatoms. The van der Waals surface area contributed by atoms with Crippen molar-refractivity contribution in [1.29, 1.82) is 0 Å². The monoisotopic (exact) mass is 267 g/mol. The van der Waals surface area contributed by atoms with Crippen LogP contribution >= 0.6 is 0 Å². The van der Waals surface area contributed by atoms with E-state index < -0.39 is 0 Å². The number of carbonyl (C=O) groups is 1. The highest BCUT2D eigenvalue weighted by molar-refractivity contribution is 6.00. The summed E-state index contributed by atoms with van der Waals surface area (Å²) in [5, 5.41) is 1.98. The smallest absolute Gasteiger partial charge is 0.266 e. The summed E-state index contributed by atoms with van der Waals surface area (Å²) in [7, 11) is 0. The van der Waals surface area contributed by atoms with Crippen molar-refractivity contribution in [3.8, 4) is 11.1 Å². The summed E-state index contributed by atoms with van der Waals surface area (Å²) >= 11 is 0. The number of carbonyl (C=O) groups excluding carboxylic acids is 1. The van der Waals surface area contributed by atoms with Gasteiger partial charge in [-0.15, -0.1) is 0 Å². The summed E-state index contributed by atoms with van der Waals surface area (Å²) in [4.78, 5) is 16.6. The number of amides is 1. The Morgan fingerprint density at radius 3 is 2.60 bits per heavy atom. The van der Waals surface area contributed by atoms with E-state index in [2.05, 4.69) is 10.4 Å². The van der Waals surface area contributed by atoms with Gasteiger partial charge in [0.15, 0.2) is 0 Å². The number of hydrazine groups is 1. The zero-order valence-corrected chi connectivity index (χ0v) is 11.2. The quantitative estimate of drug-likeness (QED) is 0.929. The molecule has 0 atom stereocenters. The Morgan fingerprint density at radius 2 is 1.85 bits per heavy atom. The molecule has 0 saturated carbocycles. The van der Waals surface area contributed by atoms with Crippen molar-refractivity contribution in [2.24, 2.45) is 0 Å². The van der Waals surface area contributed by atoms with Gasteiger partial charge in [0.25, 0.3) is 5.91 Å². The molecule has 1 N–H and O–H groups in total. The zero-order chi connectivity index (χ0) is 13.8. The minimum absolute atomic E-state index is 0.0619. The highest BCUT2D eigenvalue weighted by Gasteiger charge is 2.17. The van der Waals surface area contributed by atoms with Gasteiger partial charge in [-0.25, -0.2) is 5.01 Å². The first-order valence-corrected chi connectivity index (χ1v) is 6.90. The number of pyridine rings is 1. The topological polar surface area (TPSA) is 45.2 Å². The van der Waals surface area contributed by atoms with Crippen LogP contribution in [0.5, 0.6) is 0 Å². The number of hydrogen-bond acceptors (Lipinski definition) is 3. The number of nitrogens with one attached hydrogen (secondary N) is 1. The Kier molecular flexibility index (Phi) is 3.74. The predicted molar refractivity (Wildman–Crippen MR) is 77.9 cm³/mol. The lowest BCUT2D eigenvalue weighted by molar-refractivity contribution is 0.0826. The number of rotatable bonds is 3. The van der Waals surface area contributed by atoms with Crippen LogP contribution in [0.4, 0.5) is 0 Å². The van der Waals surface area contributed by atoms with E-state index in [-0.39, 0.29) is 5.91 Å². The Hall–Kier alpha value is -2.20. The number of aromatic nitrogens is 1. The molecule has 0 aliphatic carbocycles. The van der Waals surface area contributed by atoms with Gasteiger partial charge in [0, 0.05) is 31.0 Å². The Bertz CT molecular complexity index is 592. The maximum Gasteiger partial charge on any atom is 0.266 e. The molecule has 0 spiro atoms. The van der Waals surface area contributed by atoms with Gasteiger partial charge >= 0.3 is 0 Å². The molecule has 0 bridgehead atoms. The van der Waals surface area contributed by atoms with E-state index in [0.29, 0.717) is 5.56 Å². The van der Waals surface area contributed by atoms with E-state index in [0.717, 1.165) is 37.1 Å². The van der Waals surface area contributed by atoms with Gasteiger partial charge in [0.2, 0.25) is 0 Å². The predicted octanol–water partition coefficient (Wildman–Crippen LogP) is 2.49. The minimum Gasteiger partial charge on any atom is -0.285 e. The normalized spacial score (nSPS) is 15.2. The van der Waals surface area contributed by atoms with Gasteiger partial charge in [0.1, 0.15) is 0 Å². The van der Waals surface area contributed by atoms with E-state index in [4.69, 9.17) is 0 Å². The largest absolute Gasteiger partial charge is 0.285 e. The lowest BCUT2D eigenvalue weighted by Crippen LogP contribution is -2.40. The maximum absolute atomic E-state index is 12.4. The molecule has 1 aromatic heterocycles. The molecule has 3 rings (SSSR count). The molecule has 0 radical (unpaired) electrons. The third-order valence-electron chi connectivity index (χ3n) is 3.52. The third-order valence-corrected chi connectivity index (χ3v) is 3.52. The van der Waals surface area contributed by atoms with E-state index in [1.54, 1.807) is 18.5 Å². The van der Waals surface area contributed by atoms with E-state index in [9.17, 15) is 4.79 Å². The van der Waals surface area contributed by atoms with Gasteiger partial charge in [-0.1, -0.05) is 30.3 Å². The highest BCUT2D eigenvalue weighted by atomic mass is 16.2. The van der Waals surface area contributed by atoms with Crippen LogP contribution in [0.15, 0.2) is 48.8 Å². The minimum atomic E-state index is -0.0619. The molecule has 1 saturated heterocycles. The summed E-state index contributed by atoms with van der Waals surface area (Å²) in [6.07, 6.45) is 5.68. The molecule has 20 heavy (non-hydrogen) atoms. The van der Waals surface area contributed by atoms with Crippen LogP contribution in [0.1, 0.15) is 23.2 Å². The fourth-order valence-electron chi connectivity index (χ4n) is 2.47. The van der Waals surface area contributed by atoms with Crippen molar-refractivity contribution in [3.05, 3.63) is 54.4 Å². The second-order valence-electron chi connectivity index (χ2n) is 4.92. The van der Waals surface area contributed by atoms with E-state index >= 15 is 0 Å². The Morgan fingerprint density at radius 1 is 1.10 bits per heavy atom. The first kappa shape index (κ1) is 12.8. The first-order chi connectivity index (χ1) is 9.84. The van der Waals surface area contributed by atoms with Crippen LogP contribution in [0.2, 0.25) is 0 Å². The average molecular weight is 267 g/mol. The fourth-order valence-corrected chi connectivity index (χ4v) is 2.47. The van der Waals surface area contributed by atoms with Crippen molar-refractivity contribution < 1.29 is 4.79 Å². The summed E-state index contributed by atoms with van der Waals surface area (Å²) < 4.78 is 0. The molecule has 1 fully saturated rings. The van der Waals surface area contributed by atoms with Crippen LogP contribution < -0.4 is 5.43 Å². The molecular formula is C16H17N3O. The van der Waals surface area contributed by atoms with Crippen molar-refractivity contribution in [3.63, 3.8) is 0 Å². The zero-order valence-electron chi connectivity index (χ0n) is 11.2. The molecule has 4 nitrogen and oxygen atoms in total. The molecular weight excluding hydrogens is 250 g/mol. The number of hydrogen-bond donors (Lipinski definition) is 1.